The number of carboxylic acid groups (broad SMARTS) is 1. The van der Waals surface area contributed by atoms with Crippen molar-refractivity contribution < 1.29 is 38.6 Å². The molecule has 2 rings (SSSR count). The summed E-state index contributed by atoms with van der Waals surface area (Å²) in [6.07, 6.45) is -0.655. The van der Waals surface area contributed by atoms with Gasteiger partial charge in [-0.1, -0.05) is 60.7 Å². The van der Waals surface area contributed by atoms with E-state index in [-0.39, 0.29) is 25.9 Å². The summed E-state index contributed by atoms with van der Waals surface area (Å²) in [5.41, 5.74) is 7.05. The molecule has 0 radical (unpaired) electrons. The molecule has 3 atom stereocenters. The summed E-state index contributed by atoms with van der Waals surface area (Å²) in [6.45, 7) is 0.226. The van der Waals surface area contributed by atoms with E-state index in [0.717, 1.165) is 5.56 Å². The predicted octanol–water partition coefficient (Wildman–Crippen LogP) is 1.14. The third kappa shape index (κ3) is 12.6. The van der Waals surface area contributed by atoms with Gasteiger partial charge in [0.25, 0.3) is 5.91 Å². The van der Waals surface area contributed by atoms with Crippen molar-refractivity contribution in [1.29, 1.82) is 0 Å². The van der Waals surface area contributed by atoms with Crippen molar-refractivity contribution in [2.75, 3.05) is 20.6 Å². The van der Waals surface area contributed by atoms with Crippen LogP contribution in [-0.2, 0) is 41.7 Å². The molecule has 44 heavy (non-hydrogen) atoms. The third-order valence-corrected chi connectivity index (χ3v) is 6.60. The SMILES string of the molecule is CN(C)C(=O)[C@H](Cc1ccccc1)NC(=O)C(=O)[C@H](CCCCN)NC(=O)[C@H](CCC(=O)O)NC(=O)OCc1ccccc1. The Balaban J connectivity index is 2.17. The van der Waals surface area contributed by atoms with Gasteiger partial charge in [-0.3, -0.25) is 24.0 Å². The van der Waals surface area contributed by atoms with Crippen LogP contribution < -0.4 is 21.7 Å². The van der Waals surface area contributed by atoms with Crippen molar-refractivity contribution in [3.05, 3.63) is 71.8 Å². The maximum absolute atomic E-state index is 13.3. The number of unbranched alkanes of at least 4 members (excludes halogenated alkanes) is 1. The number of hydrogen-bond acceptors (Lipinski definition) is 8. The molecule has 0 aliphatic rings. The first kappa shape index (κ1) is 35.4. The zero-order chi connectivity index (χ0) is 32.5. The molecule has 0 spiro atoms. The number of rotatable bonds is 18. The molecule has 0 saturated heterocycles. The fraction of sp³-hybridized carbons (Fsp3) is 0.419. The monoisotopic (exact) mass is 611 g/mol. The Hall–Kier alpha value is -4.78. The number of alkyl carbamates (subject to hydrolysis) is 1. The van der Waals surface area contributed by atoms with Gasteiger partial charge in [-0.15, -0.1) is 0 Å². The van der Waals surface area contributed by atoms with E-state index in [9.17, 15) is 28.8 Å². The van der Waals surface area contributed by atoms with E-state index in [1.165, 1.54) is 19.0 Å². The number of amides is 4. The molecule has 13 nitrogen and oxygen atoms in total. The van der Waals surface area contributed by atoms with Gasteiger partial charge in [0.15, 0.2) is 0 Å². The van der Waals surface area contributed by atoms with Crippen LogP contribution in [0.3, 0.4) is 0 Å². The maximum Gasteiger partial charge on any atom is 0.408 e. The van der Waals surface area contributed by atoms with Crippen LogP contribution in [0.1, 0.15) is 43.2 Å². The minimum atomic E-state index is -1.37. The largest absolute Gasteiger partial charge is 0.481 e. The molecule has 4 amide bonds. The van der Waals surface area contributed by atoms with E-state index in [2.05, 4.69) is 16.0 Å². The van der Waals surface area contributed by atoms with Crippen molar-refractivity contribution in [2.45, 2.75) is 63.3 Å². The van der Waals surface area contributed by atoms with Crippen molar-refractivity contribution in [3.63, 3.8) is 0 Å². The number of nitrogens with zero attached hydrogens (tertiary/aromatic N) is 1. The number of likely N-dealkylation sites (N-methyl/N-ethyl adjacent to an activating group) is 1. The van der Waals surface area contributed by atoms with Crippen LogP contribution in [0.5, 0.6) is 0 Å². The lowest BCUT2D eigenvalue weighted by Gasteiger charge is -2.24. The molecule has 2 aromatic carbocycles. The van der Waals surface area contributed by atoms with E-state index in [0.29, 0.717) is 24.9 Å². The van der Waals surface area contributed by atoms with Gasteiger partial charge in [0.1, 0.15) is 18.7 Å². The summed E-state index contributed by atoms with van der Waals surface area (Å²) in [4.78, 5) is 77.6. The zero-order valence-electron chi connectivity index (χ0n) is 25.0. The number of hydrogen-bond donors (Lipinski definition) is 5. The summed E-state index contributed by atoms with van der Waals surface area (Å²) >= 11 is 0. The first-order chi connectivity index (χ1) is 21.0. The average molecular weight is 612 g/mol. The van der Waals surface area contributed by atoms with Gasteiger partial charge in [0.2, 0.25) is 17.6 Å². The lowest BCUT2D eigenvalue weighted by Crippen LogP contribution is -2.56. The van der Waals surface area contributed by atoms with Gasteiger partial charge in [-0.2, -0.15) is 0 Å². The number of aliphatic carboxylic acids is 1. The molecule has 0 saturated carbocycles. The van der Waals surface area contributed by atoms with Crippen molar-refractivity contribution in [2.24, 2.45) is 5.73 Å². The molecule has 0 aliphatic carbocycles. The molecule has 0 aliphatic heterocycles. The van der Waals surface area contributed by atoms with E-state index in [1.54, 1.807) is 54.6 Å². The number of carbonyl (C=O) groups is 6. The second kappa shape index (κ2) is 18.7. The van der Waals surface area contributed by atoms with Crippen LogP contribution in [0.4, 0.5) is 4.79 Å². The lowest BCUT2D eigenvalue weighted by atomic mass is 10.0. The Kier molecular flexibility index (Phi) is 15.0. The lowest BCUT2D eigenvalue weighted by molar-refractivity contribution is -0.142. The first-order valence-corrected chi connectivity index (χ1v) is 14.3. The quantitative estimate of drug-likeness (QED) is 0.121. The van der Waals surface area contributed by atoms with Crippen LogP contribution in [-0.4, -0.2) is 84.3 Å². The Morgan fingerprint density at radius 1 is 0.795 bits per heavy atom. The maximum atomic E-state index is 13.3. The van der Waals surface area contributed by atoms with Gasteiger partial charge >= 0.3 is 12.1 Å². The van der Waals surface area contributed by atoms with Crippen LogP contribution in [0.2, 0.25) is 0 Å². The summed E-state index contributed by atoms with van der Waals surface area (Å²) in [6, 6.07) is 14.0. The molecule has 238 valence electrons. The van der Waals surface area contributed by atoms with Crippen molar-refractivity contribution >= 4 is 35.6 Å². The summed E-state index contributed by atoms with van der Waals surface area (Å²) in [5.74, 6) is -4.56. The second-order valence-corrected chi connectivity index (χ2v) is 10.3. The highest BCUT2D eigenvalue weighted by Gasteiger charge is 2.33. The number of carbonyl (C=O) groups excluding carboxylic acids is 5. The Bertz CT molecular complexity index is 1260. The number of benzene rings is 2. The Morgan fingerprint density at radius 2 is 1.41 bits per heavy atom. The Labute approximate surface area is 256 Å². The minimum absolute atomic E-state index is 0.0459. The molecule has 0 unspecified atom stereocenters. The van der Waals surface area contributed by atoms with Crippen LogP contribution in [0.25, 0.3) is 0 Å². The number of ketones is 1. The van der Waals surface area contributed by atoms with Gasteiger partial charge in [-0.25, -0.2) is 4.79 Å². The molecular weight excluding hydrogens is 570 g/mol. The fourth-order valence-corrected chi connectivity index (χ4v) is 4.23. The molecular formula is C31H41N5O8. The number of carboxylic acids is 1. The smallest absolute Gasteiger partial charge is 0.408 e. The van der Waals surface area contributed by atoms with E-state index in [4.69, 9.17) is 15.6 Å². The highest BCUT2D eigenvalue weighted by Crippen LogP contribution is 2.09. The van der Waals surface area contributed by atoms with Gasteiger partial charge < -0.3 is 36.4 Å². The molecule has 0 aromatic heterocycles. The molecule has 0 bridgehead atoms. The number of nitrogens with two attached hydrogens (primary N) is 1. The minimum Gasteiger partial charge on any atom is -0.481 e. The normalized spacial score (nSPS) is 12.6. The Morgan fingerprint density at radius 3 is 1.98 bits per heavy atom. The van der Waals surface area contributed by atoms with Crippen molar-refractivity contribution in [3.8, 4) is 0 Å². The van der Waals surface area contributed by atoms with Gasteiger partial charge in [0.05, 0.1) is 6.04 Å². The van der Waals surface area contributed by atoms with Crippen LogP contribution >= 0.6 is 0 Å². The zero-order valence-corrected chi connectivity index (χ0v) is 25.0. The highest BCUT2D eigenvalue weighted by molar-refractivity contribution is 6.38. The summed E-state index contributed by atoms with van der Waals surface area (Å²) in [5, 5.41) is 16.5. The number of ether oxygens (including phenoxy) is 1. The topological polar surface area (TPSA) is 197 Å². The standard InChI is InChI=1S/C31H41N5O8/c1-36(2)30(42)25(19-21-11-5-3-6-12-21)34-29(41)27(39)23(15-9-10-18-32)33-28(40)24(16-17-26(37)38)35-31(43)44-20-22-13-7-4-8-14-22/h3-8,11-14,23-25H,9-10,15-20,32H2,1-2H3,(H,33,40)(H,34,41)(H,35,43)(H,37,38)/t23-,24-,25-/m0/s1. The van der Waals surface area contributed by atoms with E-state index >= 15 is 0 Å². The molecule has 0 fully saturated rings. The number of Topliss-reactive ketones (excluding diaryl/α,β-unsaturated/α-hetero) is 1. The summed E-state index contributed by atoms with van der Waals surface area (Å²) in [7, 11) is 3.05. The molecule has 0 heterocycles. The predicted molar refractivity (Wildman–Crippen MR) is 161 cm³/mol. The molecule has 2 aromatic rings. The number of nitrogens with one attached hydrogen (secondary N) is 3. The van der Waals surface area contributed by atoms with Gasteiger partial charge in [0, 0.05) is 26.9 Å². The highest BCUT2D eigenvalue weighted by atomic mass is 16.5. The molecule has 6 N–H and O–H groups in total. The third-order valence-electron chi connectivity index (χ3n) is 6.60. The molecule has 13 heteroatoms. The van der Waals surface area contributed by atoms with Crippen molar-refractivity contribution in [1.82, 2.24) is 20.9 Å². The van der Waals surface area contributed by atoms with Crippen LogP contribution in [0, 0.1) is 0 Å². The van der Waals surface area contributed by atoms with E-state index in [1.807, 2.05) is 6.07 Å². The first-order valence-electron chi connectivity index (χ1n) is 14.3. The summed E-state index contributed by atoms with van der Waals surface area (Å²) < 4.78 is 5.16. The average Bonchev–Trinajstić information content (AvgIpc) is 3.01. The van der Waals surface area contributed by atoms with E-state index < -0.39 is 60.1 Å². The second-order valence-electron chi connectivity index (χ2n) is 10.3. The van der Waals surface area contributed by atoms with Gasteiger partial charge in [-0.05, 0) is 43.4 Å². The fourth-order valence-electron chi connectivity index (χ4n) is 4.23. The van der Waals surface area contributed by atoms with Crippen LogP contribution in [0.15, 0.2) is 60.7 Å².